The maximum Gasteiger partial charge on any atom is 0.226 e. The second-order valence-corrected chi connectivity index (χ2v) is 8.13. The molecule has 136 valence electrons. The third-order valence-corrected chi connectivity index (χ3v) is 5.58. The summed E-state index contributed by atoms with van der Waals surface area (Å²) < 4.78 is 0. The number of hydrogen-bond acceptors (Lipinski definition) is 2. The number of amides is 1. The first-order valence-electron chi connectivity index (χ1n) is 9.34. The smallest absolute Gasteiger partial charge is 0.226 e. The van der Waals surface area contributed by atoms with Crippen molar-refractivity contribution in [1.82, 2.24) is 15.2 Å². The van der Waals surface area contributed by atoms with E-state index < -0.39 is 0 Å². The number of rotatable bonds is 3. The van der Waals surface area contributed by atoms with E-state index in [1.165, 1.54) is 17.7 Å². The van der Waals surface area contributed by atoms with Gasteiger partial charge in [0.2, 0.25) is 5.91 Å². The second-order valence-electron chi connectivity index (χ2n) is 8.13. The Morgan fingerprint density at radius 2 is 2.12 bits per heavy atom. The van der Waals surface area contributed by atoms with Gasteiger partial charge in [-0.05, 0) is 42.9 Å². The fourth-order valence-electron chi connectivity index (χ4n) is 3.90. The van der Waals surface area contributed by atoms with E-state index in [9.17, 15) is 4.79 Å². The number of H-pyrrole nitrogens is 2. The molecule has 1 aliphatic rings. The maximum absolute atomic E-state index is 12.0. The van der Waals surface area contributed by atoms with Crippen molar-refractivity contribution >= 4 is 22.5 Å². The molecule has 0 saturated carbocycles. The van der Waals surface area contributed by atoms with Gasteiger partial charge in [0.1, 0.15) is 5.69 Å². The van der Waals surface area contributed by atoms with E-state index in [4.69, 9.17) is 0 Å². The Balaban J connectivity index is 1.71. The van der Waals surface area contributed by atoms with Crippen LogP contribution in [0.3, 0.4) is 0 Å². The summed E-state index contributed by atoms with van der Waals surface area (Å²) >= 11 is 0. The minimum absolute atomic E-state index is 0.111. The van der Waals surface area contributed by atoms with Crippen LogP contribution in [0.25, 0.3) is 22.3 Å². The first kappa shape index (κ1) is 16.9. The van der Waals surface area contributed by atoms with Crippen LogP contribution in [-0.4, -0.2) is 28.1 Å². The summed E-state index contributed by atoms with van der Waals surface area (Å²) in [4.78, 5) is 17.2. The average Bonchev–Trinajstić information content (AvgIpc) is 3.21. The molecule has 5 heteroatoms. The molecule has 0 aliphatic heterocycles. The zero-order valence-corrected chi connectivity index (χ0v) is 15.9. The molecule has 3 aromatic rings. The Morgan fingerprint density at radius 3 is 2.88 bits per heavy atom. The SMILES string of the molecule is CCC(=O)N(C)c1ccc2cc(-c3n[nH]c4c3CCC(C)(C)C4)[nH]c2c1. The maximum atomic E-state index is 12.0. The highest BCUT2D eigenvalue weighted by Crippen LogP contribution is 2.38. The molecule has 0 saturated heterocycles. The second kappa shape index (κ2) is 6.01. The number of carbonyl (C=O) groups is 1. The lowest BCUT2D eigenvalue weighted by Crippen LogP contribution is -2.24. The minimum Gasteiger partial charge on any atom is -0.353 e. The van der Waals surface area contributed by atoms with Crippen LogP contribution in [0.1, 0.15) is 44.9 Å². The van der Waals surface area contributed by atoms with Crippen molar-refractivity contribution in [3.05, 3.63) is 35.5 Å². The normalized spacial score (nSPS) is 15.8. The van der Waals surface area contributed by atoms with Crippen LogP contribution < -0.4 is 4.90 Å². The molecule has 0 atom stereocenters. The Morgan fingerprint density at radius 1 is 1.31 bits per heavy atom. The Hall–Kier alpha value is -2.56. The van der Waals surface area contributed by atoms with E-state index in [1.54, 1.807) is 4.90 Å². The lowest BCUT2D eigenvalue weighted by atomic mass is 9.76. The standard InChI is InChI=1S/C21H26N4O/c1-5-19(26)25(4)14-7-6-13-10-17(22-16(13)11-14)20-15-8-9-21(2,3)12-18(15)23-24-20/h6-7,10-11,22H,5,8-9,12H2,1-4H3,(H,23,24). The number of aromatic nitrogens is 3. The van der Waals surface area contributed by atoms with E-state index in [1.807, 2.05) is 26.1 Å². The van der Waals surface area contributed by atoms with Crippen molar-refractivity contribution in [2.24, 2.45) is 5.41 Å². The highest BCUT2D eigenvalue weighted by Gasteiger charge is 2.29. The molecule has 4 rings (SSSR count). The van der Waals surface area contributed by atoms with Gasteiger partial charge in [-0.25, -0.2) is 0 Å². The minimum atomic E-state index is 0.111. The van der Waals surface area contributed by atoms with Crippen LogP contribution in [0.4, 0.5) is 5.69 Å². The fraction of sp³-hybridized carbons (Fsp3) is 0.429. The molecule has 1 amide bonds. The van der Waals surface area contributed by atoms with Crippen molar-refractivity contribution in [3.63, 3.8) is 0 Å². The summed E-state index contributed by atoms with van der Waals surface area (Å²) in [7, 11) is 1.82. The van der Waals surface area contributed by atoms with Gasteiger partial charge >= 0.3 is 0 Å². The van der Waals surface area contributed by atoms with Crippen molar-refractivity contribution in [3.8, 4) is 11.4 Å². The number of carbonyl (C=O) groups excluding carboxylic acids is 1. The van der Waals surface area contributed by atoms with Crippen molar-refractivity contribution in [2.45, 2.75) is 46.5 Å². The number of fused-ring (bicyclic) bond motifs is 2. The van der Waals surface area contributed by atoms with Crippen molar-refractivity contribution in [2.75, 3.05) is 11.9 Å². The monoisotopic (exact) mass is 350 g/mol. The summed E-state index contributed by atoms with van der Waals surface area (Å²) in [5.41, 5.74) is 6.95. The predicted octanol–water partition coefficient (Wildman–Crippen LogP) is 4.45. The van der Waals surface area contributed by atoms with Gasteiger partial charge in [-0.2, -0.15) is 5.10 Å². The molecule has 0 spiro atoms. The van der Waals surface area contributed by atoms with Gasteiger partial charge in [0.25, 0.3) is 0 Å². The molecule has 1 aliphatic carbocycles. The quantitative estimate of drug-likeness (QED) is 0.733. The lowest BCUT2D eigenvalue weighted by Gasteiger charge is -2.28. The molecule has 2 aromatic heterocycles. The number of nitrogens with zero attached hydrogens (tertiary/aromatic N) is 2. The van der Waals surface area contributed by atoms with Gasteiger partial charge < -0.3 is 9.88 Å². The molecule has 0 bridgehead atoms. The number of aromatic amines is 2. The molecule has 2 N–H and O–H groups in total. The van der Waals surface area contributed by atoms with Crippen LogP contribution in [0.15, 0.2) is 24.3 Å². The van der Waals surface area contributed by atoms with Gasteiger partial charge in [-0.3, -0.25) is 9.89 Å². The van der Waals surface area contributed by atoms with Crippen LogP contribution in [0.2, 0.25) is 0 Å². The lowest BCUT2D eigenvalue weighted by molar-refractivity contribution is -0.118. The number of hydrogen-bond donors (Lipinski definition) is 2. The predicted molar refractivity (Wildman–Crippen MR) is 105 cm³/mol. The van der Waals surface area contributed by atoms with Crippen LogP contribution in [0, 0.1) is 5.41 Å². The van der Waals surface area contributed by atoms with E-state index in [0.29, 0.717) is 11.8 Å². The average molecular weight is 350 g/mol. The molecule has 1 aromatic carbocycles. The zero-order chi connectivity index (χ0) is 18.5. The molecule has 2 heterocycles. The van der Waals surface area contributed by atoms with Crippen molar-refractivity contribution < 1.29 is 4.79 Å². The highest BCUT2D eigenvalue weighted by atomic mass is 16.2. The Labute approximate surface area is 153 Å². The van der Waals surface area contributed by atoms with Gasteiger partial charge in [0.15, 0.2) is 0 Å². The van der Waals surface area contributed by atoms with Gasteiger partial charge in [-0.1, -0.05) is 26.8 Å². The topological polar surface area (TPSA) is 64.8 Å². The largest absolute Gasteiger partial charge is 0.353 e. The molecule has 5 nitrogen and oxygen atoms in total. The highest BCUT2D eigenvalue weighted by molar-refractivity contribution is 5.96. The van der Waals surface area contributed by atoms with Crippen LogP contribution in [0.5, 0.6) is 0 Å². The molecule has 0 unspecified atom stereocenters. The van der Waals surface area contributed by atoms with E-state index in [2.05, 4.69) is 41.2 Å². The Bertz CT molecular complexity index is 979. The van der Waals surface area contributed by atoms with Crippen LogP contribution >= 0.6 is 0 Å². The third-order valence-electron chi connectivity index (χ3n) is 5.58. The van der Waals surface area contributed by atoms with E-state index in [-0.39, 0.29) is 5.91 Å². The van der Waals surface area contributed by atoms with Crippen molar-refractivity contribution in [1.29, 1.82) is 0 Å². The summed E-state index contributed by atoms with van der Waals surface area (Å²) in [5.74, 6) is 0.111. The molecule has 26 heavy (non-hydrogen) atoms. The summed E-state index contributed by atoms with van der Waals surface area (Å²) in [6, 6.07) is 8.24. The third kappa shape index (κ3) is 2.81. The Kier molecular flexibility index (Phi) is 3.90. The van der Waals surface area contributed by atoms with Gasteiger partial charge in [-0.15, -0.1) is 0 Å². The summed E-state index contributed by atoms with van der Waals surface area (Å²) in [5, 5.41) is 8.99. The first-order chi connectivity index (χ1) is 12.4. The summed E-state index contributed by atoms with van der Waals surface area (Å²) in [6.07, 6.45) is 3.78. The zero-order valence-electron chi connectivity index (χ0n) is 15.9. The molecular formula is C21H26N4O. The first-order valence-corrected chi connectivity index (χ1v) is 9.34. The fourth-order valence-corrected chi connectivity index (χ4v) is 3.90. The molecular weight excluding hydrogens is 324 g/mol. The number of benzene rings is 1. The van der Waals surface area contributed by atoms with E-state index in [0.717, 1.165) is 40.8 Å². The van der Waals surface area contributed by atoms with Crippen LogP contribution in [-0.2, 0) is 17.6 Å². The molecule has 0 radical (unpaired) electrons. The molecule has 0 fully saturated rings. The summed E-state index contributed by atoms with van der Waals surface area (Å²) in [6.45, 7) is 6.51. The number of anilines is 1. The van der Waals surface area contributed by atoms with Gasteiger partial charge in [0, 0.05) is 41.3 Å². The van der Waals surface area contributed by atoms with E-state index >= 15 is 0 Å². The van der Waals surface area contributed by atoms with Gasteiger partial charge in [0.05, 0.1) is 5.69 Å². The number of nitrogens with one attached hydrogen (secondary N) is 2.